The summed E-state index contributed by atoms with van der Waals surface area (Å²) in [5.74, 6) is -0.100. The maximum atomic E-state index is 13.3. The van der Waals surface area contributed by atoms with Gasteiger partial charge in [-0.15, -0.1) is 0 Å². The number of nitriles is 1. The number of carbonyl (C=O) groups excluding carboxylic acids is 2. The van der Waals surface area contributed by atoms with Gasteiger partial charge in [0.1, 0.15) is 0 Å². The number of amides is 2. The van der Waals surface area contributed by atoms with Crippen LogP contribution in [0.3, 0.4) is 0 Å². The quantitative estimate of drug-likeness (QED) is 0.586. The fraction of sp³-hybridized carbons (Fsp3) is 0.296. The van der Waals surface area contributed by atoms with E-state index >= 15 is 0 Å². The number of carbonyl (C=O) groups is 2. The molecule has 2 aliphatic heterocycles. The van der Waals surface area contributed by atoms with Gasteiger partial charge in [-0.2, -0.15) is 5.26 Å². The highest BCUT2D eigenvalue weighted by Gasteiger charge is 2.44. The second-order valence-electron chi connectivity index (χ2n) is 9.44. The van der Waals surface area contributed by atoms with Crippen molar-refractivity contribution in [2.45, 2.75) is 26.3 Å². The number of piperazine rings is 1. The number of hydrogen-bond donors (Lipinski definition) is 0. The number of anilines is 2. The molecule has 1 fully saturated rings. The van der Waals surface area contributed by atoms with Crippen LogP contribution in [0.4, 0.5) is 11.4 Å². The highest BCUT2D eigenvalue weighted by molar-refractivity contribution is 6.12. The molecule has 2 amide bonds. The van der Waals surface area contributed by atoms with E-state index in [-0.39, 0.29) is 11.8 Å². The van der Waals surface area contributed by atoms with Gasteiger partial charge >= 0.3 is 0 Å². The Labute approximate surface area is 204 Å². The molecule has 0 atom stereocenters. The van der Waals surface area contributed by atoms with Gasteiger partial charge in [-0.25, -0.2) is 0 Å². The molecule has 176 valence electrons. The third-order valence-corrected chi connectivity index (χ3v) is 6.97. The number of nitrogens with zero attached hydrogens (tertiary/aromatic N) is 6. The van der Waals surface area contributed by atoms with Crippen LogP contribution in [0.15, 0.2) is 55.1 Å². The minimum atomic E-state index is -0.619. The normalized spacial score (nSPS) is 16.7. The topological polar surface area (TPSA) is 93.4 Å². The average Bonchev–Trinajstić information content (AvgIpc) is 3.08. The summed E-state index contributed by atoms with van der Waals surface area (Å²) in [5, 5.41) is 9.31. The van der Waals surface area contributed by atoms with Gasteiger partial charge in [0.2, 0.25) is 0 Å². The Morgan fingerprint density at radius 2 is 1.74 bits per heavy atom. The smallest absolute Gasteiger partial charge is 0.259 e. The highest BCUT2D eigenvalue weighted by Crippen LogP contribution is 2.42. The van der Waals surface area contributed by atoms with Gasteiger partial charge in [0.05, 0.1) is 46.5 Å². The summed E-state index contributed by atoms with van der Waals surface area (Å²) in [5.41, 5.74) is 4.53. The van der Waals surface area contributed by atoms with E-state index in [9.17, 15) is 14.9 Å². The van der Waals surface area contributed by atoms with Gasteiger partial charge < -0.3 is 9.80 Å². The molecule has 1 saturated heterocycles. The SMILES string of the molecule is Cc1ccncc1C(=O)N1CCN(c2cncc(N3C(=O)c4ccc(C#N)cc4C3(C)C)c2)CC1. The molecular formula is C27H26N6O2. The molecule has 0 saturated carbocycles. The summed E-state index contributed by atoms with van der Waals surface area (Å²) in [7, 11) is 0. The molecule has 2 aliphatic rings. The lowest BCUT2D eigenvalue weighted by atomic mass is 9.92. The highest BCUT2D eigenvalue weighted by atomic mass is 16.2. The van der Waals surface area contributed by atoms with Crippen molar-refractivity contribution in [3.8, 4) is 6.07 Å². The Morgan fingerprint density at radius 3 is 2.46 bits per heavy atom. The fourth-order valence-electron chi connectivity index (χ4n) is 4.98. The van der Waals surface area contributed by atoms with Gasteiger partial charge in [-0.1, -0.05) is 0 Å². The lowest BCUT2D eigenvalue weighted by molar-refractivity contribution is 0.0745. The van der Waals surface area contributed by atoms with Crippen molar-refractivity contribution in [3.05, 3.63) is 82.9 Å². The summed E-state index contributed by atoms with van der Waals surface area (Å²) in [6.07, 6.45) is 6.81. The fourth-order valence-corrected chi connectivity index (χ4v) is 4.98. The first-order chi connectivity index (χ1) is 16.8. The lowest BCUT2D eigenvalue weighted by Gasteiger charge is -2.37. The number of pyridine rings is 2. The monoisotopic (exact) mass is 466 g/mol. The van der Waals surface area contributed by atoms with E-state index in [0.29, 0.717) is 48.6 Å². The zero-order chi connectivity index (χ0) is 24.7. The van der Waals surface area contributed by atoms with E-state index in [1.807, 2.05) is 37.8 Å². The first kappa shape index (κ1) is 22.5. The van der Waals surface area contributed by atoms with Gasteiger partial charge in [0, 0.05) is 44.1 Å². The van der Waals surface area contributed by atoms with Gasteiger partial charge in [0.15, 0.2) is 0 Å². The summed E-state index contributed by atoms with van der Waals surface area (Å²) >= 11 is 0. The van der Waals surface area contributed by atoms with Crippen LogP contribution in [-0.4, -0.2) is 52.9 Å². The van der Waals surface area contributed by atoms with Crippen molar-refractivity contribution in [1.29, 1.82) is 5.26 Å². The van der Waals surface area contributed by atoms with Crippen molar-refractivity contribution in [1.82, 2.24) is 14.9 Å². The van der Waals surface area contributed by atoms with E-state index in [0.717, 1.165) is 16.8 Å². The second kappa shape index (κ2) is 8.51. The molecule has 0 unspecified atom stereocenters. The van der Waals surface area contributed by atoms with Crippen LogP contribution < -0.4 is 9.80 Å². The molecule has 0 aliphatic carbocycles. The zero-order valence-electron chi connectivity index (χ0n) is 20.0. The van der Waals surface area contributed by atoms with E-state index in [1.165, 1.54) is 0 Å². The predicted octanol–water partition coefficient (Wildman–Crippen LogP) is 3.51. The van der Waals surface area contributed by atoms with Crippen LogP contribution >= 0.6 is 0 Å². The Morgan fingerprint density at radius 1 is 1.00 bits per heavy atom. The van der Waals surface area contributed by atoms with Crippen LogP contribution in [0.25, 0.3) is 0 Å². The van der Waals surface area contributed by atoms with Crippen molar-refractivity contribution in [2.75, 3.05) is 36.0 Å². The lowest BCUT2D eigenvalue weighted by Crippen LogP contribution is -2.49. The second-order valence-corrected chi connectivity index (χ2v) is 9.44. The third kappa shape index (κ3) is 3.79. The van der Waals surface area contributed by atoms with Crippen LogP contribution in [0.5, 0.6) is 0 Å². The number of aryl methyl sites for hydroxylation is 1. The van der Waals surface area contributed by atoms with Crippen LogP contribution in [0, 0.1) is 18.3 Å². The molecule has 8 nitrogen and oxygen atoms in total. The molecule has 0 bridgehead atoms. The van der Waals surface area contributed by atoms with E-state index < -0.39 is 5.54 Å². The molecule has 1 aromatic carbocycles. The minimum absolute atomic E-state index is 0.000964. The Balaban J connectivity index is 1.35. The molecule has 8 heteroatoms. The van der Waals surface area contributed by atoms with Gasteiger partial charge in [0.25, 0.3) is 11.8 Å². The Bertz CT molecular complexity index is 1370. The molecular weight excluding hydrogens is 440 g/mol. The van der Waals surface area contributed by atoms with Crippen LogP contribution in [-0.2, 0) is 5.54 Å². The molecule has 4 heterocycles. The zero-order valence-corrected chi connectivity index (χ0v) is 20.0. The molecule has 5 rings (SSSR count). The largest absolute Gasteiger partial charge is 0.367 e. The molecule has 0 N–H and O–H groups in total. The van der Waals surface area contributed by atoms with Crippen molar-refractivity contribution in [2.24, 2.45) is 0 Å². The van der Waals surface area contributed by atoms with E-state index in [2.05, 4.69) is 20.9 Å². The Kier molecular flexibility index (Phi) is 5.48. The van der Waals surface area contributed by atoms with Crippen molar-refractivity contribution in [3.63, 3.8) is 0 Å². The van der Waals surface area contributed by atoms with Crippen LogP contribution in [0.1, 0.15) is 51.3 Å². The van der Waals surface area contributed by atoms with E-state index in [1.54, 1.807) is 47.9 Å². The molecule has 3 aromatic rings. The summed E-state index contributed by atoms with van der Waals surface area (Å²) in [6.45, 7) is 8.40. The number of benzene rings is 1. The molecule has 2 aromatic heterocycles. The number of rotatable bonds is 3. The predicted molar refractivity (Wildman–Crippen MR) is 132 cm³/mol. The van der Waals surface area contributed by atoms with Crippen molar-refractivity contribution < 1.29 is 9.59 Å². The summed E-state index contributed by atoms with van der Waals surface area (Å²) in [4.78, 5) is 40.6. The number of hydrogen-bond acceptors (Lipinski definition) is 6. The van der Waals surface area contributed by atoms with Gasteiger partial charge in [-0.3, -0.25) is 24.5 Å². The first-order valence-electron chi connectivity index (χ1n) is 11.6. The van der Waals surface area contributed by atoms with Gasteiger partial charge in [-0.05, 0) is 62.2 Å². The standard InChI is InChI=1S/C27H26N6O2/c1-18-6-7-29-17-23(18)25(34)32-10-8-31(9-11-32)20-13-21(16-30-15-20)33-26(35)22-5-4-19(14-28)12-24(22)27(33,2)3/h4-7,12-13,15-17H,8-11H2,1-3H3. The molecule has 0 spiro atoms. The maximum absolute atomic E-state index is 13.3. The maximum Gasteiger partial charge on any atom is 0.259 e. The Hall–Kier alpha value is -4.25. The van der Waals surface area contributed by atoms with E-state index in [4.69, 9.17) is 0 Å². The average molecular weight is 467 g/mol. The van der Waals surface area contributed by atoms with Crippen molar-refractivity contribution >= 4 is 23.2 Å². The summed E-state index contributed by atoms with van der Waals surface area (Å²) in [6, 6.07) is 11.2. The summed E-state index contributed by atoms with van der Waals surface area (Å²) < 4.78 is 0. The minimum Gasteiger partial charge on any atom is -0.367 e. The van der Waals surface area contributed by atoms with Crippen LogP contribution in [0.2, 0.25) is 0 Å². The number of fused-ring (bicyclic) bond motifs is 1. The molecule has 0 radical (unpaired) electrons. The molecule has 35 heavy (non-hydrogen) atoms. The third-order valence-electron chi connectivity index (χ3n) is 6.97. The number of aromatic nitrogens is 2. The first-order valence-corrected chi connectivity index (χ1v) is 11.6.